The van der Waals surface area contributed by atoms with Crippen molar-refractivity contribution >= 4 is 0 Å². The zero-order valence-electron chi connectivity index (χ0n) is 6.87. The number of rotatable bonds is 2. The van der Waals surface area contributed by atoms with Gasteiger partial charge in [-0.2, -0.15) is 0 Å². The highest BCUT2D eigenvalue weighted by atomic mass is 19.1. The Labute approximate surface area is 74.7 Å². The maximum atomic E-state index is 12.1. The third kappa shape index (κ3) is 1.45. The lowest BCUT2D eigenvalue weighted by Gasteiger charge is -2.06. The third-order valence-corrected chi connectivity index (χ3v) is 1.93. The molecule has 0 bridgehead atoms. The van der Waals surface area contributed by atoms with E-state index in [1.807, 2.05) is 0 Å². The Hall–Kier alpha value is -1.29. The molecule has 0 unspecified atom stereocenters. The molecule has 1 aromatic rings. The van der Waals surface area contributed by atoms with Crippen molar-refractivity contribution in [3.63, 3.8) is 0 Å². The minimum absolute atomic E-state index is 0.185. The van der Waals surface area contributed by atoms with Crippen LogP contribution in [-0.2, 0) is 0 Å². The monoisotopic (exact) mass is 184 g/mol. The predicted octanol–water partition coefficient (Wildman–Crippen LogP) is 1.42. The highest BCUT2D eigenvalue weighted by molar-refractivity contribution is 5.45. The summed E-state index contributed by atoms with van der Waals surface area (Å²) < 4.78 is 22.2. The molecule has 0 saturated heterocycles. The smallest absolute Gasteiger partial charge is 0.231 e. The lowest BCUT2D eigenvalue weighted by atomic mass is 10.1. The van der Waals surface area contributed by atoms with Crippen molar-refractivity contribution < 1.29 is 19.0 Å². The van der Waals surface area contributed by atoms with Gasteiger partial charge in [-0.15, -0.1) is 0 Å². The number of alkyl halides is 1. The fourth-order valence-corrected chi connectivity index (χ4v) is 1.21. The van der Waals surface area contributed by atoms with Gasteiger partial charge in [-0.3, -0.25) is 0 Å². The minimum Gasteiger partial charge on any atom is -0.454 e. The predicted molar refractivity (Wildman–Crippen MR) is 43.5 cm³/mol. The molecule has 0 aliphatic carbocycles. The van der Waals surface area contributed by atoms with Gasteiger partial charge >= 0.3 is 0 Å². The molecule has 0 saturated carbocycles. The molecular formula is C9H9FO3. The Morgan fingerprint density at radius 1 is 1.38 bits per heavy atom. The average molecular weight is 184 g/mol. The number of ether oxygens (including phenoxy) is 2. The molecule has 0 spiro atoms. The molecule has 3 nitrogen and oxygen atoms in total. The second-order valence-electron chi connectivity index (χ2n) is 2.78. The molecule has 0 amide bonds. The first kappa shape index (κ1) is 8.31. The van der Waals surface area contributed by atoms with Gasteiger partial charge in [0.25, 0.3) is 0 Å². The van der Waals surface area contributed by atoms with Crippen LogP contribution in [0.2, 0.25) is 0 Å². The topological polar surface area (TPSA) is 38.7 Å². The molecule has 13 heavy (non-hydrogen) atoms. The number of aliphatic hydroxyl groups is 1. The normalized spacial score (nSPS) is 15.8. The quantitative estimate of drug-likeness (QED) is 0.755. The molecular weight excluding hydrogens is 175 g/mol. The van der Waals surface area contributed by atoms with Crippen LogP contribution in [-0.4, -0.2) is 18.6 Å². The van der Waals surface area contributed by atoms with Gasteiger partial charge in [0, 0.05) is 0 Å². The standard InChI is InChI=1S/C9H9FO3/c10-4-7(11)6-1-2-8-9(3-6)13-5-12-8/h1-3,7,11H,4-5H2/t7-/m0/s1. The minimum atomic E-state index is -1.07. The Kier molecular flexibility index (Phi) is 2.06. The van der Waals surface area contributed by atoms with Crippen molar-refractivity contribution in [2.24, 2.45) is 0 Å². The first-order valence-corrected chi connectivity index (χ1v) is 3.95. The van der Waals surface area contributed by atoms with E-state index in [-0.39, 0.29) is 6.79 Å². The summed E-state index contributed by atoms with van der Waals surface area (Å²) in [5.74, 6) is 1.19. The number of hydrogen-bond acceptors (Lipinski definition) is 3. The fraction of sp³-hybridized carbons (Fsp3) is 0.333. The number of aliphatic hydroxyl groups excluding tert-OH is 1. The van der Waals surface area contributed by atoms with Gasteiger partial charge in [-0.05, 0) is 17.7 Å². The molecule has 0 radical (unpaired) electrons. The maximum Gasteiger partial charge on any atom is 0.231 e. The highest BCUT2D eigenvalue weighted by Gasteiger charge is 2.16. The van der Waals surface area contributed by atoms with Crippen LogP contribution >= 0.6 is 0 Å². The number of fused-ring (bicyclic) bond motifs is 1. The fourth-order valence-electron chi connectivity index (χ4n) is 1.21. The van der Waals surface area contributed by atoms with Crippen molar-refractivity contribution in [3.05, 3.63) is 23.8 Å². The molecule has 1 aliphatic rings. The van der Waals surface area contributed by atoms with E-state index in [2.05, 4.69) is 0 Å². The number of benzene rings is 1. The Balaban J connectivity index is 2.30. The summed E-state index contributed by atoms with van der Waals surface area (Å²) in [4.78, 5) is 0. The molecule has 1 aliphatic heterocycles. The van der Waals surface area contributed by atoms with Gasteiger partial charge in [0.1, 0.15) is 12.8 Å². The summed E-state index contributed by atoms with van der Waals surface area (Å²) >= 11 is 0. The Bertz CT molecular complexity index is 314. The molecule has 1 N–H and O–H groups in total. The summed E-state index contributed by atoms with van der Waals surface area (Å²) in [6.07, 6.45) is -1.07. The molecule has 2 rings (SSSR count). The van der Waals surface area contributed by atoms with E-state index >= 15 is 0 Å². The van der Waals surface area contributed by atoms with Crippen LogP contribution in [0.25, 0.3) is 0 Å². The van der Waals surface area contributed by atoms with E-state index in [9.17, 15) is 9.50 Å². The second-order valence-corrected chi connectivity index (χ2v) is 2.78. The molecule has 1 atom stereocenters. The lowest BCUT2D eigenvalue weighted by Crippen LogP contribution is -1.98. The van der Waals surface area contributed by atoms with Crippen LogP contribution in [0, 0.1) is 0 Å². The zero-order valence-corrected chi connectivity index (χ0v) is 6.87. The maximum absolute atomic E-state index is 12.1. The van der Waals surface area contributed by atoms with Gasteiger partial charge in [0.15, 0.2) is 11.5 Å². The van der Waals surface area contributed by atoms with Gasteiger partial charge in [-0.1, -0.05) is 6.07 Å². The first-order valence-electron chi connectivity index (χ1n) is 3.95. The van der Waals surface area contributed by atoms with Crippen molar-refractivity contribution in [1.82, 2.24) is 0 Å². The number of halogens is 1. The van der Waals surface area contributed by atoms with Crippen molar-refractivity contribution in [3.8, 4) is 11.5 Å². The molecule has 70 valence electrons. The molecule has 1 heterocycles. The Morgan fingerprint density at radius 3 is 2.92 bits per heavy atom. The second kappa shape index (κ2) is 3.22. The van der Waals surface area contributed by atoms with Gasteiger partial charge in [-0.25, -0.2) is 4.39 Å². The molecule has 0 fully saturated rings. The van der Waals surface area contributed by atoms with Crippen LogP contribution in [0.5, 0.6) is 11.5 Å². The van der Waals surface area contributed by atoms with Crippen LogP contribution in [0.3, 0.4) is 0 Å². The van der Waals surface area contributed by atoms with E-state index < -0.39 is 12.8 Å². The van der Waals surface area contributed by atoms with Gasteiger partial charge in [0.05, 0.1) is 0 Å². The van der Waals surface area contributed by atoms with Crippen molar-refractivity contribution in [2.75, 3.05) is 13.5 Å². The van der Waals surface area contributed by atoms with E-state index in [1.54, 1.807) is 18.2 Å². The van der Waals surface area contributed by atoms with E-state index in [0.717, 1.165) is 0 Å². The lowest BCUT2D eigenvalue weighted by molar-refractivity contribution is 0.141. The number of hydrogen-bond donors (Lipinski definition) is 1. The van der Waals surface area contributed by atoms with E-state index in [4.69, 9.17) is 9.47 Å². The largest absolute Gasteiger partial charge is 0.454 e. The molecule has 4 heteroatoms. The summed E-state index contributed by atoms with van der Waals surface area (Å²) in [6, 6.07) is 4.88. The summed E-state index contributed by atoms with van der Waals surface area (Å²) in [5, 5.41) is 9.19. The van der Waals surface area contributed by atoms with Crippen molar-refractivity contribution in [2.45, 2.75) is 6.10 Å². The van der Waals surface area contributed by atoms with E-state index in [0.29, 0.717) is 17.1 Å². The van der Waals surface area contributed by atoms with Gasteiger partial charge < -0.3 is 14.6 Å². The van der Waals surface area contributed by atoms with Gasteiger partial charge in [0.2, 0.25) is 6.79 Å². The van der Waals surface area contributed by atoms with Crippen LogP contribution in [0.4, 0.5) is 4.39 Å². The van der Waals surface area contributed by atoms with Crippen molar-refractivity contribution in [1.29, 1.82) is 0 Å². The average Bonchev–Trinajstić information content (AvgIpc) is 2.63. The summed E-state index contributed by atoms with van der Waals surface area (Å²) in [6.45, 7) is -0.607. The first-order chi connectivity index (χ1) is 6.31. The molecule has 0 aromatic heterocycles. The van der Waals surface area contributed by atoms with Crippen LogP contribution in [0.1, 0.15) is 11.7 Å². The SMILES string of the molecule is O[C@@H](CF)c1ccc2c(c1)OCO2. The zero-order chi connectivity index (χ0) is 9.26. The molecule has 1 aromatic carbocycles. The Morgan fingerprint density at radius 2 is 2.15 bits per heavy atom. The van der Waals surface area contributed by atoms with Crippen LogP contribution < -0.4 is 9.47 Å². The highest BCUT2D eigenvalue weighted by Crippen LogP contribution is 2.34. The summed E-state index contributed by atoms with van der Waals surface area (Å²) in [7, 11) is 0. The van der Waals surface area contributed by atoms with E-state index in [1.165, 1.54) is 0 Å². The summed E-state index contributed by atoms with van der Waals surface area (Å²) in [5.41, 5.74) is 0.506. The third-order valence-electron chi connectivity index (χ3n) is 1.93. The van der Waals surface area contributed by atoms with Crippen LogP contribution in [0.15, 0.2) is 18.2 Å².